The van der Waals surface area contributed by atoms with Gasteiger partial charge in [-0.15, -0.1) is 0 Å². The minimum absolute atomic E-state index is 0.0272. The minimum atomic E-state index is -3.01. The normalized spacial score (nSPS) is 13.9. The zero-order valence-corrected chi connectivity index (χ0v) is 20.6. The molecule has 0 unspecified atom stereocenters. The van der Waals surface area contributed by atoms with Crippen molar-refractivity contribution in [1.82, 2.24) is 24.2 Å². The summed E-state index contributed by atoms with van der Waals surface area (Å²) in [7, 11) is 1.60. The summed E-state index contributed by atoms with van der Waals surface area (Å²) >= 11 is 0. The lowest BCUT2D eigenvalue weighted by Gasteiger charge is -2.32. The van der Waals surface area contributed by atoms with Crippen LogP contribution in [0.25, 0.3) is 22.0 Å². The maximum atomic E-state index is 13.0. The molecule has 1 fully saturated rings. The fourth-order valence-corrected chi connectivity index (χ4v) is 4.63. The van der Waals surface area contributed by atoms with E-state index in [4.69, 9.17) is 0 Å². The van der Waals surface area contributed by atoms with E-state index in [0.717, 1.165) is 17.5 Å². The maximum Gasteiger partial charge on any atom is 0.387 e. The average Bonchev–Trinajstić information content (AvgIpc) is 3.18. The zero-order valence-electron chi connectivity index (χ0n) is 20.6. The second kappa shape index (κ2) is 10.6. The number of piperazine rings is 1. The number of carbonyl (C=O) groups is 1. The number of hydrogen-bond acceptors (Lipinski definition) is 7. The van der Waals surface area contributed by atoms with Crippen molar-refractivity contribution in [2.75, 3.05) is 31.1 Å². The highest BCUT2D eigenvalue weighted by Crippen LogP contribution is 2.27. The van der Waals surface area contributed by atoms with Gasteiger partial charge in [0, 0.05) is 56.7 Å². The van der Waals surface area contributed by atoms with Gasteiger partial charge in [-0.2, -0.15) is 8.78 Å². The van der Waals surface area contributed by atoms with E-state index in [2.05, 4.69) is 14.7 Å². The van der Waals surface area contributed by atoms with Gasteiger partial charge in [-0.3, -0.25) is 19.0 Å². The van der Waals surface area contributed by atoms with E-state index in [0.29, 0.717) is 54.2 Å². The highest BCUT2D eigenvalue weighted by molar-refractivity contribution is 5.84. The molecule has 0 aliphatic carbocycles. The Morgan fingerprint density at radius 1 is 1.05 bits per heavy atom. The lowest BCUT2D eigenvalue weighted by atomic mass is 10.1. The number of aromatic nitrogens is 4. The van der Waals surface area contributed by atoms with E-state index in [1.807, 2.05) is 17.0 Å². The molecule has 1 amide bonds. The van der Waals surface area contributed by atoms with Gasteiger partial charge in [-0.1, -0.05) is 12.1 Å². The molecule has 4 aromatic rings. The van der Waals surface area contributed by atoms with Crippen LogP contribution in [0.1, 0.15) is 11.1 Å². The summed E-state index contributed by atoms with van der Waals surface area (Å²) in [4.78, 5) is 36.6. The van der Waals surface area contributed by atoms with Crippen molar-refractivity contribution in [3.8, 4) is 16.9 Å². The Kier molecular flexibility index (Phi) is 7.05. The lowest BCUT2D eigenvalue weighted by Crippen LogP contribution is -2.46. The monoisotopic (exact) mass is 524 g/mol. The summed E-state index contributed by atoms with van der Waals surface area (Å²) in [6.45, 7) is -0.687. The van der Waals surface area contributed by atoms with Crippen molar-refractivity contribution in [3.05, 3.63) is 70.3 Å². The molecule has 1 saturated heterocycles. The molecule has 12 heteroatoms. The SMILES string of the molecule is Cn1c(=O)c2ccc(-c3cnc(N4CCN(C=O)CC4)nc3)cc2n1Cc1cc(CO)ccc1OC(F)F. The number of ether oxygens (including phenoxy) is 1. The number of amides is 1. The summed E-state index contributed by atoms with van der Waals surface area (Å²) in [5.74, 6) is 0.549. The number of aliphatic hydroxyl groups is 1. The molecule has 0 atom stereocenters. The summed E-state index contributed by atoms with van der Waals surface area (Å²) < 4.78 is 33.8. The van der Waals surface area contributed by atoms with Crippen LogP contribution in [0.15, 0.2) is 53.6 Å². The lowest BCUT2D eigenvalue weighted by molar-refractivity contribution is -0.118. The van der Waals surface area contributed by atoms with Gasteiger partial charge in [0.05, 0.1) is 24.1 Å². The average molecular weight is 525 g/mol. The third-order valence-corrected chi connectivity index (χ3v) is 6.72. The quantitative estimate of drug-likeness (QED) is 0.353. The third-order valence-electron chi connectivity index (χ3n) is 6.72. The van der Waals surface area contributed by atoms with Crippen LogP contribution in [0.3, 0.4) is 0 Å². The van der Waals surface area contributed by atoms with Crippen molar-refractivity contribution >= 4 is 23.3 Å². The number of aliphatic hydroxyl groups excluding tert-OH is 1. The molecule has 198 valence electrons. The number of nitrogens with zero attached hydrogens (tertiary/aromatic N) is 6. The van der Waals surface area contributed by atoms with Crippen LogP contribution in [0.2, 0.25) is 0 Å². The maximum absolute atomic E-state index is 13.0. The number of alkyl halides is 2. The summed E-state index contributed by atoms with van der Waals surface area (Å²) in [6, 6.07) is 9.85. The largest absolute Gasteiger partial charge is 0.434 e. The van der Waals surface area contributed by atoms with Gasteiger partial charge in [0.2, 0.25) is 12.4 Å². The third kappa shape index (κ3) is 4.94. The molecule has 5 rings (SSSR count). The minimum Gasteiger partial charge on any atom is -0.434 e. The van der Waals surface area contributed by atoms with E-state index in [1.54, 1.807) is 41.2 Å². The van der Waals surface area contributed by atoms with Crippen molar-refractivity contribution in [2.24, 2.45) is 7.05 Å². The predicted molar refractivity (Wildman–Crippen MR) is 136 cm³/mol. The van der Waals surface area contributed by atoms with Crippen molar-refractivity contribution in [3.63, 3.8) is 0 Å². The van der Waals surface area contributed by atoms with E-state index >= 15 is 0 Å². The fourth-order valence-electron chi connectivity index (χ4n) is 4.63. The number of halogens is 2. The number of benzene rings is 2. The first-order valence-electron chi connectivity index (χ1n) is 12.0. The van der Waals surface area contributed by atoms with Gasteiger partial charge in [-0.25, -0.2) is 9.97 Å². The molecule has 2 aromatic carbocycles. The topological polar surface area (TPSA) is 106 Å². The number of anilines is 1. The standard InChI is InChI=1S/C26H26F2N6O4/c1-31-24(37)21-4-3-18(20-12-29-26(30-13-20)33-8-6-32(16-36)7-9-33)11-22(21)34(31)14-19-10-17(15-35)2-5-23(19)38-25(27)28/h2-5,10-13,16,25,35H,6-9,14-15H2,1H3. The molecule has 1 N–H and O–H groups in total. The van der Waals surface area contributed by atoms with Crippen LogP contribution >= 0.6 is 0 Å². The Balaban J connectivity index is 1.48. The van der Waals surface area contributed by atoms with Gasteiger partial charge in [-0.05, 0) is 35.4 Å². The Morgan fingerprint density at radius 2 is 1.79 bits per heavy atom. The summed E-state index contributed by atoms with van der Waals surface area (Å²) in [6.07, 6.45) is 4.26. The number of rotatable bonds is 8. The number of hydrogen-bond donors (Lipinski definition) is 1. The predicted octanol–water partition coefficient (Wildman–Crippen LogP) is 2.22. The van der Waals surface area contributed by atoms with Gasteiger partial charge in [0.15, 0.2) is 0 Å². The second-order valence-electron chi connectivity index (χ2n) is 9.00. The van der Waals surface area contributed by atoms with Crippen LogP contribution in [0.5, 0.6) is 5.75 Å². The van der Waals surface area contributed by atoms with Crippen molar-refractivity contribution in [2.45, 2.75) is 19.8 Å². The van der Waals surface area contributed by atoms with E-state index in [9.17, 15) is 23.5 Å². The zero-order chi connectivity index (χ0) is 26.8. The van der Waals surface area contributed by atoms with Crippen LogP contribution < -0.4 is 15.2 Å². The van der Waals surface area contributed by atoms with E-state index in [1.165, 1.54) is 16.8 Å². The van der Waals surface area contributed by atoms with Crippen LogP contribution in [0, 0.1) is 0 Å². The van der Waals surface area contributed by atoms with Gasteiger partial charge < -0.3 is 19.6 Å². The van der Waals surface area contributed by atoms with E-state index < -0.39 is 6.61 Å². The molecule has 1 aliphatic rings. The molecular weight excluding hydrogens is 498 g/mol. The highest BCUT2D eigenvalue weighted by Gasteiger charge is 2.19. The Bertz CT molecular complexity index is 1510. The molecule has 0 saturated carbocycles. The Labute approximate surface area is 216 Å². The molecule has 1 aliphatic heterocycles. The van der Waals surface area contributed by atoms with Crippen molar-refractivity contribution < 1.29 is 23.4 Å². The molecule has 2 aromatic heterocycles. The second-order valence-corrected chi connectivity index (χ2v) is 9.00. The molecule has 10 nitrogen and oxygen atoms in total. The molecule has 0 spiro atoms. The number of carbonyl (C=O) groups excluding carboxylic acids is 1. The molecule has 0 bridgehead atoms. The molecular formula is C26H26F2N6O4. The molecule has 38 heavy (non-hydrogen) atoms. The van der Waals surface area contributed by atoms with Gasteiger partial charge >= 0.3 is 6.61 Å². The first-order chi connectivity index (χ1) is 18.4. The van der Waals surface area contributed by atoms with Gasteiger partial charge in [0.1, 0.15) is 5.75 Å². The molecule has 3 heterocycles. The number of fused-ring (bicyclic) bond motifs is 1. The Morgan fingerprint density at radius 3 is 2.45 bits per heavy atom. The van der Waals surface area contributed by atoms with Crippen LogP contribution in [-0.4, -0.2) is 68.5 Å². The van der Waals surface area contributed by atoms with E-state index in [-0.39, 0.29) is 24.5 Å². The van der Waals surface area contributed by atoms with Gasteiger partial charge in [0.25, 0.3) is 5.56 Å². The summed E-state index contributed by atoms with van der Waals surface area (Å²) in [5, 5.41) is 10.0. The van der Waals surface area contributed by atoms with Crippen LogP contribution in [-0.2, 0) is 25.0 Å². The summed E-state index contributed by atoms with van der Waals surface area (Å²) in [5.41, 5.74) is 2.82. The Hall–Kier alpha value is -4.32. The smallest absolute Gasteiger partial charge is 0.387 e. The van der Waals surface area contributed by atoms with Crippen molar-refractivity contribution in [1.29, 1.82) is 0 Å². The fraction of sp³-hybridized carbons (Fsp3) is 0.308. The highest BCUT2D eigenvalue weighted by atomic mass is 19.3. The first-order valence-corrected chi connectivity index (χ1v) is 12.0. The first kappa shape index (κ1) is 25.3. The van der Waals surface area contributed by atoms with Crippen LogP contribution in [0.4, 0.5) is 14.7 Å². The molecule has 0 radical (unpaired) electrons.